The number of rotatable bonds is 6. The molecule has 1 aliphatic carbocycles. The van der Waals surface area contributed by atoms with Crippen molar-refractivity contribution in [1.29, 1.82) is 0 Å². The van der Waals surface area contributed by atoms with Crippen molar-refractivity contribution < 1.29 is 4.74 Å². The number of hydrogen-bond acceptors (Lipinski definition) is 5. The summed E-state index contributed by atoms with van der Waals surface area (Å²) >= 11 is 0. The smallest absolute Gasteiger partial charge is 0.145 e. The fourth-order valence-corrected chi connectivity index (χ4v) is 2.86. The molecule has 130 valence electrons. The Balaban J connectivity index is 1.77. The van der Waals surface area contributed by atoms with Crippen molar-refractivity contribution in [3.63, 3.8) is 0 Å². The van der Waals surface area contributed by atoms with Crippen molar-refractivity contribution in [3.05, 3.63) is 65.8 Å². The second-order valence-electron chi connectivity index (χ2n) is 6.04. The summed E-state index contributed by atoms with van der Waals surface area (Å²) in [5.74, 6) is 1.74. The summed E-state index contributed by atoms with van der Waals surface area (Å²) in [5, 5.41) is 6.60. The Labute approximate surface area is 148 Å². The molecule has 0 saturated carbocycles. The average Bonchev–Trinajstić information content (AvgIpc) is 2.68. The van der Waals surface area contributed by atoms with Gasteiger partial charge in [0.05, 0.1) is 37.0 Å². The number of methoxy groups -OCH3 is 1. The molecule has 3 rings (SSSR count). The van der Waals surface area contributed by atoms with E-state index in [1.54, 1.807) is 19.5 Å². The fraction of sp³-hybridized carbons (Fsp3) is 0.300. The molecule has 0 radical (unpaired) electrons. The standard InChI is InChI=1S/C20H24N4O/c1-14(15-6-4-8-17(10-15)21-2)23-20-13-22-12-19(24-20)16-7-5-9-18(11-16)25-3/h4,6-8,10-14,21H,5,9H2,1-3H3,(H,23,24). The Morgan fingerprint density at radius 3 is 2.92 bits per heavy atom. The zero-order valence-electron chi connectivity index (χ0n) is 14.9. The van der Waals surface area contributed by atoms with E-state index in [0.717, 1.165) is 41.4 Å². The summed E-state index contributed by atoms with van der Waals surface area (Å²) in [4.78, 5) is 9.06. The van der Waals surface area contributed by atoms with Crippen LogP contribution in [0.4, 0.5) is 11.5 Å². The van der Waals surface area contributed by atoms with Gasteiger partial charge in [0.1, 0.15) is 5.82 Å². The SMILES string of the molecule is CNc1cccc(C(C)Nc2cncc(C3=CCCC(OC)=C3)n2)c1. The van der Waals surface area contributed by atoms with Gasteiger partial charge in [-0.15, -0.1) is 0 Å². The minimum atomic E-state index is 0.128. The van der Waals surface area contributed by atoms with Crippen LogP contribution >= 0.6 is 0 Å². The van der Waals surface area contributed by atoms with Gasteiger partial charge >= 0.3 is 0 Å². The van der Waals surface area contributed by atoms with Crippen molar-refractivity contribution >= 4 is 17.1 Å². The summed E-state index contributed by atoms with van der Waals surface area (Å²) in [6, 6.07) is 8.46. The molecule has 1 unspecified atom stereocenters. The largest absolute Gasteiger partial charge is 0.501 e. The molecule has 0 fully saturated rings. The van der Waals surface area contributed by atoms with Gasteiger partial charge in [0.15, 0.2) is 0 Å². The number of allylic oxidation sites excluding steroid dienone is 4. The minimum absolute atomic E-state index is 0.128. The Kier molecular flexibility index (Phi) is 5.33. The fourth-order valence-electron chi connectivity index (χ4n) is 2.86. The molecule has 2 aromatic rings. The van der Waals surface area contributed by atoms with E-state index in [1.807, 2.05) is 25.3 Å². The van der Waals surface area contributed by atoms with Crippen LogP contribution in [0.1, 0.15) is 37.1 Å². The lowest BCUT2D eigenvalue weighted by Gasteiger charge is -2.17. The normalized spacial score (nSPS) is 15.0. The highest BCUT2D eigenvalue weighted by molar-refractivity contribution is 5.73. The van der Waals surface area contributed by atoms with Crippen LogP contribution in [-0.4, -0.2) is 24.1 Å². The molecule has 5 nitrogen and oxygen atoms in total. The summed E-state index contributed by atoms with van der Waals surface area (Å²) in [7, 11) is 3.63. The highest BCUT2D eigenvalue weighted by atomic mass is 16.5. The van der Waals surface area contributed by atoms with Crippen LogP contribution in [0.5, 0.6) is 0 Å². The van der Waals surface area contributed by atoms with Gasteiger partial charge in [0, 0.05) is 24.7 Å². The van der Waals surface area contributed by atoms with E-state index in [2.05, 4.69) is 40.8 Å². The van der Waals surface area contributed by atoms with E-state index in [1.165, 1.54) is 5.56 Å². The van der Waals surface area contributed by atoms with Gasteiger partial charge in [-0.2, -0.15) is 0 Å². The number of nitrogens with one attached hydrogen (secondary N) is 2. The molecule has 0 spiro atoms. The molecule has 0 aliphatic heterocycles. The van der Waals surface area contributed by atoms with Crippen molar-refractivity contribution in [2.24, 2.45) is 0 Å². The van der Waals surface area contributed by atoms with Crippen LogP contribution in [0.25, 0.3) is 5.57 Å². The summed E-state index contributed by atoms with van der Waals surface area (Å²) in [6.45, 7) is 2.12. The van der Waals surface area contributed by atoms with Crippen molar-refractivity contribution in [3.8, 4) is 0 Å². The Morgan fingerprint density at radius 2 is 2.12 bits per heavy atom. The quantitative estimate of drug-likeness (QED) is 0.819. The topological polar surface area (TPSA) is 59.1 Å². The van der Waals surface area contributed by atoms with E-state index >= 15 is 0 Å². The van der Waals surface area contributed by atoms with Gasteiger partial charge in [-0.05, 0) is 37.1 Å². The van der Waals surface area contributed by atoms with E-state index in [4.69, 9.17) is 9.72 Å². The highest BCUT2D eigenvalue weighted by Gasteiger charge is 2.11. The molecule has 1 heterocycles. The van der Waals surface area contributed by atoms with Crippen LogP contribution in [0.15, 0.2) is 54.6 Å². The van der Waals surface area contributed by atoms with Crippen LogP contribution in [0, 0.1) is 0 Å². The number of nitrogens with zero attached hydrogens (tertiary/aromatic N) is 2. The number of aromatic nitrogens is 2. The van der Waals surface area contributed by atoms with E-state index in [0.29, 0.717) is 0 Å². The predicted molar refractivity (Wildman–Crippen MR) is 102 cm³/mol. The molecule has 1 aliphatic rings. The monoisotopic (exact) mass is 336 g/mol. The first-order chi connectivity index (χ1) is 12.2. The molecule has 5 heteroatoms. The van der Waals surface area contributed by atoms with E-state index in [-0.39, 0.29) is 6.04 Å². The maximum absolute atomic E-state index is 5.37. The van der Waals surface area contributed by atoms with Crippen molar-refractivity contribution in [2.45, 2.75) is 25.8 Å². The molecule has 0 amide bonds. The second kappa shape index (κ2) is 7.83. The first kappa shape index (κ1) is 17.0. The zero-order chi connectivity index (χ0) is 17.6. The Hall–Kier alpha value is -2.82. The number of hydrogen-bond donors (Lipinski definition) is 2. The summed E-state index contributed by atoms with van der Waals surface area (Å²) in [6.07, 6.45) is 9.66. The third-order valence-corrected chi connectivity index (χ3v) is 4.30. The van der Waals surface area contributed by atoms with E-state index in [9.17, 15) is 0 Å². The van der Waals surface area contributed by atoms with Crippen LogP contribution in [0.3, 0.4) is 0 Å². The van der Waals surface area contributed by atoms with Crippen LogP contribution in [0.2, 0.25) is 0 Å². The third kappa shape index (κ3) is 4.18. The molecule has 25 heavy (non-hydrogen) atoms. The van der Waals surface area contributed by atoms with Crippen molar-refractivity contribution in [1.82, 2.24) is 9.97 Å². The molecule has 1 atom stereocenters. The lowest BCUT2D eigenvalue weighted by molar-refractivity contribution is 0.277. The first-order valence-corrected chi connectivity index (χ1v) is 8.51. The lowest BCUT2D eigenvalue weighted by Crippen LogP contribution is -2.09. The number of benzene rings is 1. The maximum Gasteiger partial charge on any atom is 0.145 e. The minimum Gasteiger partial charge on any atom is -0.501 e. The summed E-state index contributed by atoms with van der Waals surface area (Å²) < 4.78 is 5.37. The zero-order valence-corrected chi connectivity index (χ0v) is 14.9. The van der Waals surface area contributed by atoms with Crippen molar-refractivity contribution in [2.75, 3.05) is 24.8 Å². The lowest BCUT2D eigenvalue weighted by atomic mass is 10.0. The Bertz CT molecular complexity index is 798. The highest BCUT2D eigenvalue weighted by Crippen LogP contribution is 2.26. The third-order valence-electron chi connectivity index (χ3n) is 4.30. The van der Waals surface area contributed by atoms with Gasteiger partial charge in [-0.1, -0.05) is 18.2 Å². The van der Waals surface area contributed by atoms with Crippen LogP contribution < -0.4 is 10.6 Å². The summed E-state index contributed by atoms with van der Waals surface area (Å²) in [5.41, 5.74) is 4.20. The predicted octanol–water partition coefficient (Wildman–Crippen LogP) is 4.40. The molecule has 1 aromatic heterocycles. The van der Waals surface area contributed by atoms with Gasteiger partial charge in [0.25, 0.3) is 0 Å². The molecular formula is C20H24N4O. The van der Waals surface area contributed by atoms with Crippen LogP contribution in [-0.2, 0) is 4.74 Å². The molecule has 0 bridgehead atoms. The molecule has 2 N–H and O–H groups in total. The van der Waals surface area contributed by atoms with Gasteiger partial charge in [-0.25, -0.2) is 4.98 Å². The van der Waals surface area contributed by atoms with Gasteiger partial charge in [-0.3, -0.25) is 4.98 Å². The first-order valence-electron chi connectivity index (χ1n) is 8.51. The Morgan fingerprint density at radius 1 is 1.24 bits per heavy atom. The second-order valence-corrected chi connectivity index (χ2v) is 6.04. The number of anilines is 2. The molecular weight excluding hydrogens is 312 g/mol. The molecule has 1 aromatic carbocycles. The average molecular weight is 336 g/mol. The van der Waals surface area contributed by atoms with Gasteiger partial charge in [0.2, 0.25) is 0 Å². The van der Waals surface area contributed by atoms with Gasteiger partial charge < -0.3 is 15.4 Å². The number of ether oxygens (including phenoxy) is 1. The van der Waals surface area contributed by atoms with E-state index < -0.39 is 0 Å². The maximum atomic E-state index is 5.37. The molecule has 0 saturated heterocycles.